The highest BCUT2D eigenvalue weighted by Gasteiger charge is 2.44. The van der Waals surface area contributed by atoms with Crippen molar-refractivity contribution in [3.8, 4) is 5.75 Å². The number of benzene rings is 1. The first-order valence-corrected chi connectivity index (χ1v) is 11.8. The molecule has 9 heteroatoms. The number of hydrogen-bond acceptors (Lipinski definition) is 6. The summed E-state index contributed by atoms with van der Waals surface area (Å²) in [4.78, 5) is 33.9. The van der Waals surface area contributed by atoms with Gasteiger partial charge in [0.1, 0.15) is 24.5 Å². The van der Waals surface area contributed by atoms with Crippen molar-refractivity contribution < 1.29 is 29.1 Å². The third kappa shape index (κ3) is 4.17. The van der Waals surface area contributed by atoms with E-state index in [1.807, 2.05) is 6.07 Å². The van der Waals surface area contributed by atoms with Gasteiger partial charge in [-0.3, -0.25) is 9.59 Å². The number of aryl methyl sites for hydroxylation is 1. The number of quaternary nitrogens is 1. The van der Waals surface area contributed by atoms with Crippen molar-refractivity contribution in [1.29, 1.82) is 0 Å². The molecular weight excluding hydrogens is 448 g/mol. The SMILES string of the molecule is COc1ccc(C2/C(=C(\[O-])c3c(C)nc4ccccn34)C(=O)C(=O)N2CC[NH+]2CCOCC2)cc1. The molecule has 1 amide bonds. The van der Waals surface area contributed by atoms with Crippen LogP contribution in [0.1, 0.15) is 23.0 Å². The number of imidazole rings is 1. The molecule has 0 spiro atoms. The van der Waals surface area contributed by atoms with Crippen molar-refractivity contribution >= 4 is 23.1 Å². The van der Waals surface area contributed by atoms with Gasteiger partial charge in [0, 0.05) is 11.8 Å². The molecule has 1 atom stereocenters. The summed E-state index contributed by atoms with van der Waals surface area (Å²) in [5, 5.41) is 13.9. The summed E-state index contributed by atoms with van der Waals surface area (Å²) in [6, 6.07) is 11.8. The lowest BCUT2D eigenvalue weighted by molar-refractivity contribution is -0.907. The van der Waals surface area contributed by atoms with E-state index in [4.69, 9.17) is 9.47 Å². The molecule has 2 aromatic heterocycles. The van der Waals surface area contributed by atoms with Crippen LogP contribution in [0.15, 0.2) is 54.2 Å². The lowest BCUT2D eigenvalue weighted by Gasteiger charge is -2.30. The Hall–Kier alpha value is -3.69. The highest BCUT2D eigenvalue weighted by molar-refractivity contribution is 6.46. The maximum Gasteiger partial charge on any atom is 0.295 e. The highest BCUT2D eigenvalue weighted by Crippen LogP contribution is 2.39. The molecule has 182 valence electrons. The average molecular weight is 477 g/mol. The van der Waals surface area contributed by atoms with Gasteiger partial charge >= 0.3 is 0 Å². The summed E-state index contributed by atoms with van der Waals surface area (Å²) >= 11 is 0. The number of Topliss-reactive ketones (excluding diaryl/α,β-unsaturated/α-hetero) is 1. The number of nitrogens with zero attached hydrogens (tertiary/aromatic N) is 3. The molecule has 1 aromatic carbocycles. The topological polar surface area (TPSA) is 101 Å². The Morgan fingerprint density at radius 3 is 2.63 bits per heavy atom. The Labute approximate surface area is 203 Å². The van der Waals surface area contributed by atoms with Crippen LogP contribution < -0.4 is 14.7 Å². The van der Waals surface area contributed by atoms with Gasteiger partial charge in [-0.05, 0) is 36.8 Å². The average Bonchev–Trinajstić information content (AvgIpc) is 3.35. The number of methoxy groups -OCH3 is 1. The van der Waals surface area contributed by atoms with Crippen LogP contribution in [0, 0.1) is 6.92 Å². The second-order valence-electron chi connectivity index (χ2n) is 8.83. The molecule has 2 aliphatic heterocycles. The molecule has 2 fully saturated rings. The minimum absolute atomic E-state index is 0.0362. The van der Waals surface area contributed by atoms with E-state index in [1.165, 1.54) is 4.90 Å². The van der Waals surface area contributed by atoms with Crippen molar-refractivity contribution in [2.24, 2.45) is 0 Å². The second kappa shape index (κ2) is 9.52. The number of ether oxygens (including phenoxy) is 2. The number of fused-ring (bicyclic) bond motifs is 1. The molecule has 1 unspecified atom stereocenters. The number of ketones is 1. The monoisotopic (exact) mass is 476 g/mol. The molecule has 3 aromatic rings. The Balaban J connectivity index is 1.60. The zero-order valence-corrected chi connectivity index (χ0v) is 19.8. The van der Waals surface area contributed by atoms with E-state index in [2.05, 4.69) is 4.98 Å². The van der Waals surface area contributed by atoms with Gasteiger partial charge in [-0.2, -0.15) is 0 Å². The number of carbonyl (C=O) groups is 2. The Morgan fingerprint density at radius 2 is 1.91 bits per heavy atom. The van der Waals surface area contributed by atoms with Crippen LogP contribution in [-0.4, -0.2) is 72.5 Å². The predicted octanol–water partition coefficient (Wildman–Crippen LogP) is -0.210. The van der Waals surface area contributed by atoms with Gasteiger partial charge in [0.25, 0.3) is 5.91 Å². The normalized spacial score (nSPS) is 20.6. The van der Waals surface area contributed by atoms with E-state index in [0.717, 1.165) is 13.1 Å². The van der Waals surface area contributed by atoms with Crippen molar-refractivity contribution in [1.82, 2.24) is 14.3 Å². The number of morpholine rings is 1. The molecule has 2 aliphatic rings. The van der Waals surface area contributed by atoms with Crippen LogP contribution in [0.2, 0.25) is 0 Å². The van der Waals surface area contributed by atoms with Gasteiger partial charge < -0.3 is 28.8 Å². The van der Waals surface area contributed by atoms with E-state index >= 15 is 0 Å². The third-order valence-corrected chi connectivity index (χ3v) is 6.79. The summed E-state index contributed by atoms with van der Waals surface area (Å²) in [5.74, 6) is -1.22. The van der Waals surface area contributed by atoms with Crippen LogP contribution in [0.4, 0.5) is 0 Å². The first-order chi connectivity index (χ1) is 17.0. The van der Waals surface area contributed by atoms with E-state index in [-0.39, 0.29) is 5.57 Å². The van der Waals surface area contributed by atoms with Crippen molar-refractivity contribution in [3.05, 3.63) is 71.2 Å². The highest BCUT2D eigenvalue weighted by atomic mass is 16.5. The maximum absolute atomic E-state index is 13.9. The number of amides is 1. The van der Waals surface area contributed by atoms with Gasteiger partial charge in [0.2, 0.25) is 5.78 Å². The summed E-state index contributed by atoms with van der Waals surface area (Å²) < 4.78 is 12.4. The third-order valence-electron chi connectivity index (χ3n) is 6.79. The number of likely N-dealkylation sites (tertiary alicyclic amines) is 1. The Bertz CT molecular complexity index is 1290. The number of hydrogen-bond donors (Lipinski definition) is 1. The van der Waals surface area contributed by atoms with Crippen molar-refractivity contribution in [3.63, 3.8) is 0 Å². The predicted molar refractivity (Wildman–Crippen MR) is 126 cm³/mol. The molecule has 9 nitrogen and oxygen atoms in total. The van der Waals surface area contributed by atoms with E-state index in [1.54, 1.807) is 65.9 Å². The molecule has 4 heterocycles. The molecule has 0 bridgehead atoms. The van der Waals surface area contributed by atoms with Gasteiger partial charge in [-0.25, -0.2) is 4.98 Å². The van der Waals surface area contributed by atoms with Crippen LogP contribution in [0.3, 0.4) is 0 Å². The lowest BCUT2D eigenvalue weighted by atomic mass is 9.96. The summed E-state index contributed by atoms with van der Waals surface area (Å²) in [6.07, 6.45) is 1.74. The molecule has 1 N–H and O–H groups in total. The summed E-state index contributed by atoms with van der Waals surface area (Å²) in [7, 11) is 1.57. The molecular formula is C26H28N4O5. The zero-order valence-electron chi connectivity index (χ0n) is 19.8. The van der Waals surface area contributed by atoms with Gasteiger partial charge in [-0.1, -0.05) is 24.0 Å². The molecule has 2 saturated heterocycles. The number of nitrogens with one attached hydrogen (secondary N) is 1. The Kier molecular flexibility index (Phi) is 6.27. The van der Waals surface area contributed by atoms with Crippen LogP contribution in [-0.2, 0) is 14.3 Å². The van der Waals surface area contributed by atoms with Crippen LogP contribution in [0.5, 0.6) is 5.75 Å². The minimum Gasteiger partial charge on any atom is -0.871 e. The van der Waals surface area contributed by atoms with Crippen LogP contribution in [0.25, 0.3) is 11.4 Å². The molecule has 0 saturated carbocycles. The molecule has 5 rings (SSSR count). The first kappa shape index (κ1) is 23.1. The summed E-state index contributed by atoms with van der Waals surface area (Å²) in [6.45, 7) is 5.81. The van der Waals surface area contributed by atoms with E-state index < -0.39 is 23.5 Å². The fourth-order valence-electron chi connectivity index (χ4n) is 4.94. The Morgan fingerprint density at radius 1 is 1.17 bits per heavy atom. The smallest absolute Gasteiger partial charge is 0.295 e. The van der Waals surface area contributed by atoms with E-state index in [0.29, 0.717) is 54.7 Å². The summed E-state index contributed by atoms with van der Waals surface area (Å²) in [5.41, 5.74) is 2.08. The van der Waals surface area contributed by atoms with Gasteiger partial charge in [-0.15, -0.1) is 0 Å². The lowest BCUT2D eigenvalue weighted by Crippen LogP contribution is -3.14. The fourth-order valence-corrected chi connectivity index (χ4v) is 4.94. The van der Waals surface area contributed by atoms with Crippen LogP contribution >= 0.6 is 0 Å². The molecule has 0 radical (unpaired) electrons. The minimum atomic E-state index is -0.775. The molecule has 35 heavy (non-hydrogen) atoms. The van der Waals surface area contributed by atoms with E-state index in [9.17, 15) is 14.7 Å². The largest absolute Gasteiger partial charge is 0.871 e. The first-order valence-electron chi connectivity index (χ1n) is 11.8. The maximum atomic E-state index is 13.9. The fraction of sp³-hybridized carbons (Fsp3) is 0.346. The quantitative estimate of drug-likeness (QED) is 0.300. The standard InChI is InChI=1S/C26H28N4O5/c1-17-22(29-10-4-3-5-20(29)27-17)24(31)21-23(18-6-8-19(34-2)9-7-18)30(26(33)25(21)32)12-11-28-13-15-35-16-14-28/h3-10,23,31H,11-16H2,1-2H3/b24-21+. The van der Waals surface area contributed by atoms with Gasteiger partial charge in [0.15, 0.2) is 0 Å². The number of rotatable bonds is 6. The molecule has 0 aliphatic carbocycles. The van der Waals surface area contributed by atoms with Gasteiger partial charge in [0.05, 0.1) is 50.8 Å². The number of carbonyl (C=O) groups excluding carboxylic acids is 2. The van der Waals surface area contributed by atoms with Crippen molar-refractivity contribution in [2.45, 2.75) is 13.0 Å². The zero-order chi connectivity index (χ0) is 24.5. The number of pyridine rings is 1. The number of aromatic nitrogens is 2. The second-order valence-corrected chi connectivity index (χ2v) is 8.83. The van der Waals surface area contributed by atoms with Crippen molar-refractivity contribution in [2.75, 3.05) is 46.5 Å².